The summed E-state index contributed by atoms with van der Waals surface area (Å²) >= 11 is 0. The first-order valence-corrected chi connectivity index (χ1v) is 5.88. The molecule has 1 fully saturated rings. The average Bonchev–Trinajstić information content (AvgIpc) is 2.38. The molecule has 0 radical (unpaired) electrons. The Hall–Kier alpha value is -2.11. The van der Waals surface area contributed by atoms with Crippen molar-refractivity contribution in [1.82, 2.24) is 4.98 Å². The minimum Gasteiger partial charge on any atom is -0.478 e. The Balaban J connectivity index is 2.48. The summed E-state index contributed by atoms with van der Waals surface area (Å²) in [5.41, 5.74) is 5.12. The number of nitrogens with two attached hydrogens (primary N) is 1. The summed E-state index contributed by atoms with van der Waals surface area (Å²) in [5, 5.41) is 9.25. The van der Waals surface area contributed by atoms with E-state index in [1.807, 2.05) is 4.90 Å². The number of primary amides is 1. The summed E-state index contributed by atoms with van der Waals surface area (Å²) in [5.74, 6) is -1.57. The van der Waals surface area contributed by atoms with Crippen LogP contribution in [0.5, 0.6) is 0 Å². The van der Waals surface area contributed by atoms with Gasteiger partial charge in [-0.15, -0.1) is 0 Å². The van der Waals surface area contributed by atoms with E-state index in [-0.39, 0.29) is 11.1 Å². The number of aromatic carboxylic acids is 1. The Morgan fingerprint density at radius 3 is 2.50 bits per heavy atom. The van der Waals surface area contributed by atoms with Crippen LogP contribution in [-0.4, -0.2) is 35.1 Å². The number of hydrogen-bond donors (Lipinski definition) is 2. The van der Waals surface area contributed by atoms with Crippen molar-refractivity contribution in [3.8, 4) is 0 Å². The van der Waals surface area contributed by atoms with Gasteiger partial charge in [-0.3, -0.25) is 4.79 Å². The number of carboxylic acid groups (broad SMARTS) is 1. The molecule has 1 aliphatic heterocycles. The highest BCUT2D eigenvalue weighted by Gasteiger charge is 2.24. The van der Waals surface area contributed by atoms with Crippen molar-refractivity contribution >= 4 is 17.7 Å². The van der Waals surface area contributed by atoms with Gasteiger partial charge in [-0.1, -0.05) is 0 Å². The van der Waals surface area contributed by atoms with Crippen LogP contribution in [-0.2, 0) is 0 Å². The van der Waals surface area contributed by atoms with Crippen molar-refractivity contribution in [1.29, 1.82) is 0 Å². The molecule has 96 valence electrons. The number of piperidine rings is 1. The molecule has 18 heavy (non-hydrogen) atoms. The largest absolute Gasteiger partial charge is 0.478 e. The van der Waals surface area contributed by atoms with E-state index in [2.05, 4.69) is 4.98 Å². The standard InChI is InChI=1S/C12H15N3O3/c13-10(16)8-4-5-14-11(9(8)12(17)18)15-6-2-1-3-7-15/h4-5H,1-3,6-7H2,(H2,13,16)(H,17,18). The molecule has 6 heteroatoms. The van der Waals surface area contributed by atoms with Gasteiger partial charge < -0.3 is 15.7 Å². The molecule has 6 nitrogen and oxygen atoms in total. The second kappa shape index (κ2) is 5.03. The normalized spacial score (nSPS) is 15.4. The first-order valence-electron chi connectivity index (χ1n) is 5.88. The van der Waals surface area contributed by atoms with Crippen LogP contribution >= 0.6 is 0 Å². The molecule has 0 atom stereocenters. The zero-order valence-corrected chi connectivity index (χ0v) is 9.93. The fourth-order valence-electron chi connectivity index (χ4n) is 2.21. The molecule has 0 spiro atoms. The second-order valence-corrected chi connectivity index (χ2v) is 4.27. The van der Waals surface area contributed by atoms with Crippen molar-refractivity contribution in [2.24, 2.45) is 5.73 Å². The molecule has 1 aromatic rings. The zero-order chi connectivity index (χ0) is 13.1. The molecule has 2 heterocycles. The summed E-state index contributed by atoms with van der Waals surface area (Å²) < 4.78 is 0. The van der Waals surface area contributed by atoms with E-state index in [0.717, 1.165) is 32.4 Å². The third-order valence-electron chi connectivity index (χ3n) is 3.07. The summed E-state index contributed by atoms with van der Waals surface area (Å²) in [6, 6.07) is 1.35. The lowest BCUT2D eigenvalue weighted by Gasteiger charge is -2.29. The fourth-order valence-corrected chi connectivity index (χ4v) is 2.21. The van der Waals surface area contributed by atoms with E-state index >= 15 is 0 Å². The van der Waals surface area contributed by atoms with Gasteiger partial charge in [-0.25, -0.2) is 9.78 Å². The Morgan fingerprint density at radius 2 is 1.94 bits per heavy atom. The maximum absolute atomic E-state index is 11.3. The predicted molar refractivity (Wildman–Crippen MR) is 65.8 cm³/mol. The molecule has 0 aliphatic carbocycles. The molecule has 1 saturated heterocycles. The number of anilines is 1. The van der Waals surface area contributed by atoms with Crippen LogP contribution in [0.15, 0.2) is 12.3 Å². The number of aromatic nitrogens is 1. The van der Waals surface area contributed by atoms with Gasteiger partial charge in [0.25, 0.3) is 0 Å². The summed E-state index contributed by atoms with van der Waals surface area (Å²) in [4.78, 5) is 28.6. The number of rotatable bonds is 3. The van der Waals surface area contributed by atoms with Crippen LogP contribution in [0.25, 0.3) is 0 Å². The van der Waals surface area contributed by atoms with Crippen LogP contribution in [0, 0.1) is 0 Å². The van der Waals surface area contributed by atoms with Gasteiger partial charge in [0.15, 0.2) is 0 Å². The number of carbonyl (C=O) groups is 2. The lowest BCUT2D eigenvalue weighted by atomic mass is 10.1. The predicted octanol–water partition coefficient (Wildman–Crippen LogP) is 0.869. The van der Waals surface area contributed by atoms with Crippen LogP contribution in [0.3, 0.4) is 0 Å². The van der Waals surface area contributed by atoms with Gasteiger partial charge in [0.05, 0.1) is 5.56 Å². The topological polar surface area (TPSA) is 96.5 Å². The highest BCUT2D eigenvalue weighted by atomic mass is 16.4. The maximum Gasteiger partial charge on any atom is 0.340 e. The quantitative estimate of drug-likeness (QED) is 0.828. The Bertz CT molecular complexity index is 481. The molecule has 0 saturated carbocycles. The lowest BCUT2D eigenvalue weighted by molar-refractivity contribution is 0.0692. The van der Waals surface area contributed by atoms with Crippen LogP contribution in [0.2, 0.25) is 0 Å². The van der Waals surface area contributed by atoms with E-state index in [0.29, 0.717) is 5.82 Å². The van der Waals surface area contributed by atoms with E-state index in [1.54, 1.807) is 0 Å². The molecule has 1 amide bonds. The Labute approximate surface area is 104 Å². The molecule has 0 aromatic carbocycles. The second-order valence-electron chi connectivity index (χ2n) is 4.27. The van der Waals surface area contributed by atoms with E-state index in [1.165, 1.54) is 12.3 Å². The summed E-state index contributed by atoms with van der Waals surface area (Å²) in [6.07, 6.45) is 4.56. The molecular formula is C12H15N3O3. The fraction of sp³-hybridized carbons (Fsp3) is 0.417. The van der Waals surface area contributed by atoms with Gasteiger partial charge in [-0.05, 0) is 25.3 Å². The van der Waals surface area contributed by atoms with Crippen molar-refractivity contribution in [2.75, 3.05) is 18.0 Å². The number of carboxylic acids is 1. The van der Waals surface area contributed by atoms with Crippen molar-refractivity contribution in [3.05, 3.63) is 23.4 Å². The van der Waals surface area contributed by atoms with Crippen LogP contribution in [0.1, 0.15) is 40.0 Å². The van der Waals surface area contributed by atoms with Crippen molar-refractivity contribution in [3.63, 3.8) is 0 Å². The highest BCUT2D eigenvalue weighted by Crippen LogP contribution is 2.24. The number of nitrogens with zero attached hydrogens (tertiary/aromatic N) is 2. The summed E-state index contributed by atoms with van der Waals surface area (Å²) in [6.45, 7) is 1.52. The molecule has 1 aromatic heterocycles. The molecule has 3 N–H and O–H groups in total. The highest BCUT2D eigenvalue weighted by molar-refractivity contribution is 6.07. The molecule has 0 bridgehead atoms. The zero-order valence-electron chi connectivity index (χ0n) is 9.93. The monoisotopic (exact) mass is 249 g/mol. The van der Waals surface area contributed by atoms with Gasteiger partial charge in [0, 0.05) is 19.3 Å². The van der Waals surface area contributed by atoms with Crippen LogP contribution < -0.4 is 10.6 Å². The first kappa shape index (κ1) is 12.3. The number of pyridine rings is 1. The smallest absolute Gasteiger partial charge is 0.340 e. The van der Waals surface area contributed by atoms with Gasteiger partial charge in [0.1, 0.15) is 11.4 Å². The Kier molecular flexibility index (Phi) is 3.45. The van der Waals surface area contributed by atoms with Gasteiger partial charge in [0.2, 0.25) is 5.91 Å². The lowest BCUT2D eigenvalue weighted by Crippen LogP contribution is -2.32. The van der Waals surface area contributed by atoms with Crippen LogP contribution in [0.4, 0.5) is 5.82 Å². The molecule has 0 unspecified atom stereocenters. The third kappa shape index (κ3) is 2.27. The first-order chi connectivity index (χ1) is 8.61. The number of amides is 1. The minimum atomic E-state index is -1.17. The minimum absolute atomic E-state index is 0.0121. The van der Waals surface area contributed by atoms with E-state index in [9.17, 15) is 14.7 Å². The SMILES string of the molecule is NC(=O)c1ccnc(N2CCCCC2)c1C(=O)O. The third-order valence-corrected chi connectivity index (χ3v) is 3.07. The van der Waals surface area contributed by atoms with Gasteiger partial charge in [-0.2, -0.15) is 0 Å². The number of hydrogen-bond acceptors (Lipinski definition) is 4. The van der Waals surface area contributed by atoms with E-state index < -0.39 is 11.9 Å². The number of carbonyl (C=O) groups excluding carboxylic acids is 1. The molecule has 1 aliphatic rings. The average molecular weight is 249 g/mol. The maximum atomic E-state index is 11.3. The van der Waals surface area contributed by atoms with Crippen molar-refractivity contribution in [2.45, 2.75) is 19.3 Å². The Morgan fingerprint density at radius 1 is 1.28 bits per heavy atom. The summed E-state index contributed by atoms with van der Waals surface area (Å²) in [7, 11) is 0. The van der Waals surface area contributed by atoms with E-state index in [4.69, 9.17) is 5.73 Å². The van der Waals surface area contributed by atoms with Gasteiger partial charge >= 0.3 is 5.97 Å². The molecule has 2 rings (SSSR count). The molecular weight excluding hydrogens is 234 g/mol. The van der Waals surface area contributed by atoms with Crippen molar-refractivity contribution < 1.29 is 14.7 Å².